The highest BCUT2D eigenvalue weighted by Crippen LogP contribution is 2.13. The third-order valence-corrected chi connectivity index (χ3v) is 3.73. The van der Waals surface area contributed by atoms with Crippen LogP contribution in [0.25, 0.3) is 0 Å². The van der Waals surface area contributed by atoms with Crippen molar-refractivity contribution >= 4 is 17.8 Å². The molecule has 116 valence electrons. The van der Waals surface area contributed by atoms with Crippen molar-refractivity contribution in [1.29, 1.82) is 5.26 Å². The number of amidine groups is 1. The smallest absolute Gasteiger partial charge is 0.274 e. The zero-order chi connectivity index (χ0) is 16.2. The molecular formula is C15H25N4O2+. The van der Waals surface area contributed by atoms with Crippen LogP contribution >= 0.6 is 0 Å². The van der Waals surface area contributed by atoms with E-state index in [1.54, 1.807) is 7.05 Å². The average Bonchev–Trinajstić information content (AvgIpc) is 2.42. The van der Waals surface area contributed by atoms with E-state index in [1.807, 2.05) is 13.0 Å². The molecule has 0 radical (unpaired) electrons. The third-order valence-electron chi connectivity index (χ3n) is 3.73. The molecule has 0 saturated carbocycles. The first-order valence-electron chi connectivity index (χ1n) is 7.37. The van der Waals surface area contributed by atoms with Crippen molar-refractivity contribution in [3.8, 4) is 6.07 Å². The molecule has 1 aliphatic rings. The second-order valence-electron chi connectivity index (χ2n) is 6.06. The van der Waals surface area contributed by atoms with Crippen molar-refractivity contribution < 1.29 is 14.6 Å². The Morgan fingerprint density at radius 3 is 2.33 bits per heavy atom. The second kappa shape index (κ2) is 7.21. The summed E-state index contributed by atoms with van der Waals surface area (Å²) in [4.78, 5) is 29.5. The molecule has 21 heavy (non-hydrogen) atoms. The van der Waals surface area contributed by atoms with Crippen molar-refractivity contribution in [2.24, 2.45) is 11.8 Å². The fraction of sp³-hybridized carbons (Fsp3) is 0.733. The molecule has 1 heterocycles. The zero-order valence-electron chi connectivity index (χ0n) is 13.5. The van der Waals surface area contributed by atoms with Crippen molar-refractivity contribution in [3.05, 3.63) is 0 Å². The fourth-order valence-electron chi connectivity index (χ4n) is 2.38. The van der Waals surface area contributed by atoms with Gasteiger partial charge in [-0.1, -0.05) is 20.3 Å². The number of urea groups is 1. The lowest BCUT2D eigenvalue weighted by molar-refractivity contribution is -0.506. The Labute approximate surface area is 126 Å². The highest BCUT2D eigenvalue weighted by molar-refractivity contribution is 6.17. The van der Waals surface area contributed by atoms with E-state index in [2.05, 4.69) is 18.8 Å². The fourth-order valence-corrected chi connectivity index (χ4v) is 2.38. The van der Waals surface area contributed by atoms with Gasteiger partial charge in [-0.2, -0.15) is 10.2 Å². The van der Waals surface area contributed by atoms with Gasteiger partial charge in [0.05, 0.1) is 19.2 Å². The summed E-state index contributed by atoms with van der Waals surface area (Å²) < 4.78 is 0. The summed E-state index contributed by atoms with van der Waals surface area (Å²) >= 11 is 0. The van der Waals surface area contributed by atoms with Crippen LogP contribution in [0.2, 0.25) is 0 Å². The first-order valence-corrected chi connectivity index (χ1v) is 7.37. The Balaban J connectivity index is 2.86. The minimum absolute atomic E-state index is 0.112. The topological polar surface area (TPSA) is 78.4 Å². The number of carbonyl (C=O) groups is 2. The Morgan fingerprint density at radius 2 is 1.81 bits per heavy atom. The van der Waals surface area contributed by atoms with E-state index in [4.69, 9.17) is 0 Å². The van der Waals surface area contributed by atoms with Gasteiger partial charge in [-0.15, -0.1) is 0 Å². The van der Waals surface area contributed by atoms with Crippen LogP contribution in [0.5, 0.6) is 0 Å². The SMILES string of the molecule is CC(C)CCCC(C)[NH+]=C1C(C#N)C(=O)N(C)C(=O)N1C. The highest BCUT2D eigenvalue weighted by Gasteiger charge is 2.47. The lowest BCUT2D eigenvalue weighted by atomic mass is 10.0. The molecule has 0 aliphatic carbocycles. The average molecular weight is 293 g/mol. The first-order chi connectivity index (χ1) is 9.79. The van der Waals surface area contributed by atoms with Crippen LogP contribution in [0.1, 0.15) is 40.0 Å². The molecule has 0 aromatic carbocycles. The number of amides is 3. The molecular weight excluding hydrogens is 268 g/mol. The maximum absolute atomic E-state index is 12.0. The largest absolute Gasteiger partial charge is 0.417 e. The molecule has 6 heteroatoms. The van der Waals surface area contributed by atoms with E-state index in [1.165, 1.54) is 11.9 Å². The second-order valence-corrected chi connectivity index (χ2v) is 6.06. The summed E-state index contributed by atoms with van der Waals surface area (Å²) in [6.45, 7) is 6.37. The van der Waals surface area contributed by atoms with E-state index in [-0.39, 0.29) is 6.04 Å². The van der Waals surface area contributed by atoms with Gasteiger partial charge in [-0.3, -0.25) is 9.79 Å². The molecule has 3 amide bonds. The van der Waals surface area contributed by atoms with Crippen LogP contribution in [0.4, 0.5) is 4.79 Å². The summed E-state index contributed by atoms with van der Waals surface area (Å²) in [7, 11) is 2.98. The molecule has 0 bridgehead atoms. The number of imide groups is 1. The van der Waals surface area contributed by atoms with E-state index in [0.29, 0.717) is 11.8 Å². The molecule has 0 spiro atoms. The number of carbonyl (C=O) groups excluding carboxylic acids is 2. The summed E-state index contributed by atoms with van der Waals surface area (Å²) in [6, 6.07) is 1.68. The Bertz CT molecular complexity index is 479. The van der Waals surface area contributed by atoms with E-state index in [0.717, 1.165) is 24.2 Å². The quantitative estimate of drug-likeness (QED) is 0.794. The van der Waals surface area contributed by atoms with Gasteiger partial charge in [-0.05, 0) is 25.7 Å². The zero-order valence-corrected chi connectivity index (χ0v) is 13.5. The summed E-state index contributed by atoms with van der Waals surface area (Å²) in [5.41, 5.74) is 0. The number of nitrogens with zero attached hydrogens (tertiary/aromatic N) is 3. The number of nitriles is 1. The van der Waals surface area contributed by atoms with Crippen LogP contribution in [-0.2, 0) is 4.79 Å². The molecule has 1 aliphatic heterocycles. The number of nitrogens with one attached hydrogen (secondary N) is 1. The van der Waals surface area contributed by atoms with Gasteiger partial charge >= 0.3 is 6.03 Å². The van der Waals surface area contributed by atoms with Crippen molar-refractivity contribution in [3.63, 3.8) is 0 Å². The third kappa shape index (κ3) is 4.03. The normalized spacial score (nSPS) is 22.9. The van der Waals surface area contributed by atoms with Crippen LogP contribution in [-0.4, -0.2) is 47.7 Å². The minimum Gasteiger partial charge on any atom is -0.274 e. The molecule has 2 unspecified atom stereocenters. The van der Waals surface area contributed by atoms with E-state index in [9.17, 15) is 14.9 Å². The molecule has 6 nitrogen and oxygen atoms in total. The Morgan fingerprint density at radius 1 is 1.19 bits per heavy atom. The van der Waals surface area contributed by atoms with Crippen molar-refractivity contribution in [1.82, 2.24) is 9.80 Å². The van der Waals surface area contributed by atoms with Gasteiger partial charge in [0, 0.05) is 7.05 Å². The molecule has 1 saturated heterocycles. The number of hydrogen-bond acceptors (Lipinski definition) is 3. The first kappa shape index (κ1) is 17.2. The predicted molar refractivity (Wildman–Crippen MR) is 79.2 cm³/mol. The van der Waals surface area contributed by atoms with Crippen LogP contribution in [0, 0.1) is 23.2 Å². The Kier molecular flexibility index (Phi) is 5.89. The molecule has 1 rings (SSSR count). The van der Waals surface area contributed by atoms with Gasteiger partial charge in [0.15, 0.2) is 0 Å². The lowest BCUT2D eigenvalue weighted by Crippen LogP contribution is -2.84. The standard InChI is InChI=1S/C15H24N4O2/c1-10(2)7-6-8-11(3)17-13-12(9-16)14(20)19(5)15(21)18(13)4/h10-12H,6-8H2,1-5H3/p+1. The highest BCUT2D eigenvalue weighted by atomic mass is 16.2. The molecule has 0 aromatic rings. The van der Waals surface area contributed by atoms with E-state index >= 15 is 0 Å². The monoisotopic (exact) mass is 293 g/mol. The van der Waals surface area contributed by atoms with Gasteiger partial charge in [-0.25, -0.2) is 9.69 Å². The summed E-state index contributed by atoms with van der Waals surface area (Å²) in [5.74, 6) is -0.365. The number of hydrogen-bond donors (Lipinski definition) is 1. The Hall–Kier alpha value is -1.90. The van der Waals surface area contributed by atoms with Crippen LogP contribution in [0.3, 0.4) is 0 Å². The van der Waals surface area contributed by atoms with E-state index < -0.39 is 17.9 Å². The molecule has 1 N–H and O–H groups in total. The lowest BCUT2D eigenvalue weighted by Gasteiger charge is -2.27. The maximum atomic E-state index is 12.0. The van der Waals surface area contributed by atoms with Gasteiger partial charge in [0.1, 0.15) is 0 Å². The number of rotatable bonds is 5. The van der Waals surface area contributed by atoms with Gasteiger partial charge in [0.2, 0.25) is 5.92 Å². The molecule has 0 aromatic heterocycles. The van der Waals surface area contributed by atoms with Crippen LogP contribution < -0.4 is 4.99 Å². The molecule has 1 fully saturated rings. The predicted octanol–water partition coefficient (Wildman–Crippen LogP) is 0.344. The summed E-state index contributed by atoms with van der Waals surface area (Å²) in [5, 5.41) is 9.22. The summed E-state index contributed by atoms with van der Waals surface area (Å²) in [6.07, 6.45) is 3.15. The van der Waals surface area contributed by atoms with Gasteiger partial charge in [0.25, 0.3) is 11.7 Å². The maximum Gasteiger partial charge on any atom is 0.417 e. The van der Waals surface area contributed by atoms with Crippen molar-refractivity contribution in [2.75, 3.05) is 14.1 Å². The minimum atomic E-state index is -0.940. The van der Waals surface area contributed by atoms with Crippen molar-refractivity contribution in [2.45, 2.75) is 46.1 Å². The molecule has 2 atom stereocenters. The van der Waals surface area contributed by atoms with Gasteiger partial charge < -0.3 is 0 Å². The van der Waals surface area contributed by atoms with Crippen LogP contribution in [0.15, 0.2) is 0 Å².